The minimum Gasteiger partial charge on any atom is -0.485 e. The van der Waals surface area contributed by atoms with Gasteiger partial charge < -0.3 is 15.6 Å². The first-order valence-electron chi connectivity index (χ1n) is 10.9. The lowest BCUT2D eigenvalue weighted by atomic mass is 10.1. The van der Waals surface area contributed by atoms with Crippen molar-refractivity contribution in [2.24, 2.45) is 5.73 Å². The van der Waals surface area contributed by atoms with E-state index in [9.17, 15) is 8.78 Å². The molecule has 0 saturated heterocycles. The minimum atomic E-state index is -0.639. The number of carbonyl (C=O) groups is 1. The van der Waals surface area contributed by atoms with E-state index >= 15 is 0 Å². The minimum absolute atomic E-state index is 0.114. The first-order chi connectivity index (χ1) is 16.4. The summed E-state index contributed by atoms with van der Waals surface area (Å²) in [7, 11) is 0. The van der Waals surface area contributed by atoms with E-state index in [-0.39, 0.29) is 18.6 Å². The average Bonchev–Trinajstić information content (AvgIpc) is 3.24. The Hall–Kier alpha value is -3.79. The van der Waals surface area contributed by atoms with Gasteiger partial charge in [-0.2, -0.15) is 5.10 Å². The number of fused-ring (bicyclic) bond motifs is 1. The Morgan fingerprint density at radius 3 is 2.37 bits per heavy atom. The van der Waals surface area contributed by atoms with Crippen LogP contribution >= 0.6 is 0 Å². The molecular weight excluding hydrogens is 456 g/mol. The number of hydrogen-bond acceptors (Lipinski definition) is 5. The molecule has 0 aliphatic carbocycles. The molecule has 0 atom stereocenters. The number of carboxylic acid groups (broad SMARTS) is 1. The molecule has 0 bridgehead atoms. The number of imidazole rings is 1. The summed E-state index contributed by atoms with van der Waals surface area (Å²) in [5.41, 5.74) is 10.6. The van der Waals surface area contributed by atoms with Crippen LogP contribution in [0, 0.1) is 32.4 Å². The van der Waals surface area contributed by atoms with Gasteiger partial charge in [0.1, 0.15) is 18.2 Å². The predicted molar refractivity (Wildman–Crippen MR) is 128 cm³/mol. The maximum absolute atomic E-state index is 14.0. The van der Waals surface area contributed by atoms with Crippen LogP contribution in [0.25, 0.3) is 16.9 Å². The SMILES string of the molecule is Cc1cc(OCc2c(F)cccc2F)c2nc(C)c(-c3cn(CC(C)(C)N)nc3C)n2c1.O=CO. The molecule has 0 aliphatic rings. The van der Waals surface area contributed by atoms with Crippen molar-refractivity contribution in [2.75, 3.05) is 0 Å². The molecule has 3 heterocycles. The van der Waals surface area contributed by atoms with Crippen LogP contribution in [-0.4, -0.2) is 36.3 Å². The van der Waals surface area contributed by atoms with Crippen molar-refractivity contribution in [3.63, 3.8) is 0 Å². The second kappa shape index (κ2) is 10.2. The van der Waals surface area contributed by atoms with E-state index in [2.05, 4.69) is 5.10 Å². The summed E-state index contributed by atoms with van der Waals surface area (Å²) < 4.78 is 37.7. The number of aryl methyl sites for hydroxylation is 3. The van der Waals surface area contributed by atoms with E-state index < -0.39 is 17.2 Å². The van der Waals surface area contributed by atoms with Crippen molar-refractivity contribution in [2.45, 2.75) is 53.3 Å². The first kappa shape index (κ1) is 25.8. The van der Waals surface area contributed by atoms with Crippen molar-refractivity contribution < 1.29 is 23.4 Å². The van der Waals surface area contributed by atoms with Gasteiger partial charge in [-0.05, 0) is 58.4 Å². The number of nitrogens with two attached hydrogens (primary N) is 1. The maximum atomic E-state index is 14.0. The third kappa shape index (κ3) is 5.83. The fourth-order valence-electron chi connectivity index (χ4n) is 3.86. The monoisotopic (exact) mass is 485 g/mol. The van der Waals surface area contributed by atoms with Crippen LogP contribution in [0.1, 0.15) is 36.4 Å². The fraction of sp³-hybridized carbons (Fsp3) is 0.320. The highest BCUT2D eigenvalue weighted by Gasteiger charge is 2.21. The van der Waals surface area contributed by atoms with Gasteiger partial charge in [0.2, 0.25) is 0 Å². The molecule has 0 aliphatic heterocycles. The Morgan fingerprint density at radius 2 is 1.77 bits per heavy atom. The number of halogens is 2. The Morgan fingerprint density at radius 1 is 1.14 bits per heavy atom. The van der Waals surface area contributed by atoms with Crippen LogP contribution in [0.15, 0.2) is 36.7 Å². The molecule has 0 saturated carbocycles. The zero-order valence-electron chi connectivity index (χ0n) is 20.3. The summed E-state index contributed by atoms with van der Waals surface area (Å²) in [6, 6.07) is 5.58. The van der Waals surface area contributed by atoms with Gasteiger partial charge in [0.15, 0.2) is 11.4 Å². The van der Waals surface area contributed by atoms with Gasteiger partial charge in [-0.25, -0.2) is 13.8 Å². The van der Waals surface area contributed by atoms with Gasteiger partial charge in [-0.1, -0.05) is 6.07 Å². The van der Waals surface area contributed by atoms with E-state index in [1.165, 1.54) is 18.2 Å². The molecule has 0 radical (unpaired) electrons. The molecule has 3 N–H and O–H groups in total. The molecule has 10 heteroatoms. The predicted octanol–water partition coefficient (Wildman–Crippen LogP) is 4.42. The van der Waals surface area contributed by atoms with Gasteiger partial charge in [0.05, 0.1) is 29.2 Å². The number of pyridine rings is 1. The number of rotatable bonds is 6. The molecule has 0 fully saturated rings. The number of nitrogens with zero attached hydrogens (tertiary/aromatic N) is 4. The lowest BCUT2D eigenvalue weighted by Crippen LogP contribution is -2.37. The second-order valence-electron chi connectivity index (χ2n) is 9.03. The molecular formula is C25H29F2N5O3. The molecule has 8 nitrogen and oxygen atoms in total. The largest absolute Gasteiger partial charge is 0.485 e. The molecule has 0 amide bonds. The van der Waals surface area contributed by atoms with Crippen molar-refractivity contribution >= 4 is 12.1 Å². The maximum Gasteiger partial charge on any atom is 0.290 e. The van der Waals surface area contributed by atoms with Crippen LogP contribution in [-0.2, 0) is 17.9 Å². The van der Waals surface area contributed by atoms with Gasteiger partial charge in [-0.3, -0.25) is 13.9 Å². The van der Waals surface area contributed by atoms with Crippen molar-refractivity contribution in [1.82, 2.24) is 19.2 Å². The van der Waals surface area contributed by atoms with Crippen molar-refractivity contribution in [3.8, 4) is 17.0 Å². The second-order valence-corrected chi connectivity index (χ2v) is 9.03. The molecule has 3 aromatic heterocycles. The molecule has 4 rings (SSSR count). The van der Waals surface area contributed by atoms with Gasteiger partial charge >= 0.3 is 0 Å². The van der Waals surface area contributed by atoms with Crippen LogP contribution < -0.4 is 10.5 Å². The standard InChI is InChI=1S/C24H27F2N5O.CH2O2/c1-14-9-21(32-12-18-19(25)7-6-8-20(18)26)23-28-16(3)22(31(23)10-14)17-11-30(29-15(17)2)13-24(4,5)27;2-1-3/h6-11H,12-13,27H2,1-5H3;1H,(H,2,3). The average molecular weight is 486 g/mol. The van der Waals surface area contributed by atoms with Crippen molar-refractivity contribution in [3.05, 3.63) is 70.8 Å². The summed E-state index contributed by atoms with van der Waals surface area (Å²) in [6.07, 6.45) is 3.93. The Bertz CT molecular complexity index is 1340. The van der Waals surface area contributed by atoms with E-state index in [0.717, 1.165) is 28.2 Å². The molecule has 4 aromatic rings. The zero-order chi connectivity index (χ0) is 25.9. The van der Waals surface area contributed by atoms with Gasteiger partial charge in [-0.15, -0.1) is 0 Å². The normalized spacial score (nSPS) is 11.3. The highest BCUT2D eigenvalue weighted by Crippen LogP contribution is 2.32. The Labute approximate surface area is 202 Å². The quantitative estimate of drug-likeness (QED) is 0.392. The van der Waals surface area contributed by atoms with Crippen LogP contribution in [0.3, 0.4) is 0 Å². The smallest absolute Gasteiger partial charge is 0.290 e. The van der Waals surface area contributed by atoms with Gasteiger partial charge in [0.25, 0.3) is 6.47 Å². The number of benzene rings is 1. The zero-order valence-corrected chi connectivity index (χ0v) is 20.3. The summed E-state index contributed by atoms with van der Waals surface area (Å²) >= 11 is 0. The summed E-state index contributed by atoms with van der Waals surface area (Å²) in [6.45, 7) is 9.79. The molecule has 0 spiro atoms. The summed E-state index contributed by atoms with van der Waals surface area (Å²) in [4.78, 5) is 13.1. The van der Waals surface area contributed by atoms with E-state index in [1.54, 1.807) is 0 Å². The fourth-order valence-corrected chi connectivity index (χ4v) is 3.86. The summed E-state index contributed by atoms with van der Waals surface area (Å²) in [5, 5.41) is 11.5. The highest BCUT2D eigenvalue weighted by atomic mass is 19.1. The topological polar surface area (TPSA) is 108 Å². The first-order valence-corrected chi connectivity index (χ1v) is 10.9. The van der Waals surface area contributed by atoms with Crippen molar-refractivity contribution in [1.29, 1.82) is 0 Å². The third-order valence-corrected chi connectivity index (χ3v) is 5.20. The van der Waals surface area contributed by atoms with Gasteiger partial charge in [0, 0.05) is 23.5 Å². The molecule has 35 heavy (non-hydrogen) atoms. The van der Waals surface area contributed by atoms with E-state index in [0.29, 0.717) is 17.9 Å². The van der Waals surface area contributed by atoms with Crippen LogP contribution in [0.2, 0.25) is 0 Å². The highest BCUT2D eigenvalue weighted by molar-refractivity contribution is 5.71. The third-order valence-electron chi connectivity index (χ3n) is 5.20. The lowest BCUT2D eigenvalue weighted by molar-refractivity contribution is -0.122. The number of hydrogen-bond donors (Lipinski definition) is 2. The Kier molecular flexibility index (Phi) is 7.54. The Balaban J connectivity index is 0.00000108. The van der Waals surface area contributed by atoms with Crippen LogP contribution in [0.5, 0.6) is 5.75 Å². The molecule has 186 valence electrons. The van der Waals surface area contributed by atoms with E-state index in [1.807, 2.05) is 62.2 Å². The van der Waals surface area contributed by atoms with Crippen LogP contribution in [0.4, 0.5) is 8.78 Å². The van der Waals surface area contributed by atoms with E-state index in [4.69, 9.17) is 25.4 Å². The molecule has 1 aromatic carbocycles. The number of ether oxygens (including phenoxy) is 1. The lowest BCUT2D eigenvalue weighted by Gasteiger charge is -2.17. The number of aromatic nitrogens is 4. The molecule has 0 unspecified atom stereocenters. The summed E-state index contributed by atoms with van der Waals surface area (Å²) in [5.74, 6) is -0.824.